The molecule has 0 radical (unpaired) electrons. The minimum absolute atomic E-state index is 0.278. The second-order valence-electron chi connectivity index (χ2n) is 6.41. The highest BCUT2D eigenvalue weighted by Gasteiger charge is 2.33. The number of para-hydroxylation sites is 1. The van der Waals surface area contributed by atoms with Crippen LogP contribution in [-0.2, 0) is 12.7 Å². The highest BCUT2D eigenvalue weighted by molar-refractivity contribution is 6.31. The van der Waals surface area contributed by atoms with Gasteiger partial charge in [-0.2, -0.15) is 13.2 Å². The minimum Gasteiger partial charge on any atom is -0.450 e. The lowest BCUT2D eigenvalue weighted by molar-refractivity contribution is -0.385. The zero-order chi connectivity index (χ0) is 21.9. The van der Waals surface area contributed by atoms with E-state index in [1.165, 1.54) is 0 Å². The summed E-state index contributed by atoms with van der Waals surface area (Å²) in [6.45, 7) is 2.17. The number of hydrogen-bond acceptors (Lipinski definition) is 4. The van der Waals surface area contributed by atoms with Crippen molar-refractivity contribution >= 4 is 23.0 Å². The summed E-state index contributed by atoms with van der Waals surface area (Å²) in [5, 5.41) is 15.1. The average Bonchev–Trinajstić information content (AvgIpc) is 2.69. The number of alkyl halides is 3. The monoisotopic (exact) mass is 436 g/mol. The van der Waals surface area contributed by atoms with Crippen molar-refractivity contribution in [3.63, 3.8) is 0 Å². The Hall–Kier alpha value is -3.26. The first-order valence-corrected chi connectivity index (χ1v) is 9.15. The lowest BCUT2D eigenvalue weighted by Crippen LogP contribution is -2.06. The molecule has 0 aromatic heterocycles. The van der Waals surface area contributed by atoms with Gasteiger partial charge in [0.1, 0.15) is 5.75 Å². The normalized spacial score (nSPS) is 11.2. The van der Waals surface area contributed by atoms with E-state index >= 15 is 0 Å². The molecule has 3 aromatic carbocycles. The van der Waals surface area contributed by atoms with Gasteiger partial charge in [-0.05, 0) is 42.8 Å². The maximum absolute atomic E-state index is 12.9. The third-order valence-corrected chi connectivity index (χ3v) is 4.82. The molecule has 0 aliphatic carbocycles. The summed E-state index contributed by atoms with van der Waals surface area (Å²) in [7, 11) is 0. The Morgan fingerprint density at radius 1 is 1.07 bits per heavy atom. The maximum Gasteiger partial charge on any atom is 0.416 e. The van der Waals surface area contributed by atoms with Crippen LogP contribution in [0.1, 0.15) is 16.7 Å². The van der Waals surface area contributed by atoms with Gasteiger partial charge in [0, 0.05) is 28.9 Å². The van der Waals surface area contributed by atoms with E-state index in [1.54, 1.807) is 36.4 Å². The molecule has 0 fully saturated rings. The van der Waals surface area contributed by atoms with E-state index in [-0.39, 0.29) is 11.5 Å². The Kier molecular flexibility index (Phi) is 6.17. The zero-order valence-electron chi connectivity index (χ0n) is 15.7. The van der Waals surface area contributed by atoms with Gasteiger partial charge in [0.15, 0.2) is 0 Å². The minimum atomic E-state index is -4.69. The van der Waals surface area contributed by atoms with Crippen molar-refractivity contribution in [2.75, 3.05) is 5.32 Å². The number of nitro benzene ring substituents is 1. The summed E-state index contributed by atoms with van der Waals surface area (Å²) in [4.78, 5) is 10.4. The van der Waals surface area contributed by atoms with E-state index < -0.39 is 22.4 Å². The molecule has 3 rings (SSSR count). The van der Waals surface area contributed by atoms with Gasteiger partial charge in [0.2, 0.25) is 5.75 Å². The number of halogens is 4. The van der Waals surface area contributed by atoms with Crippen molar-refractivity contribution in [1.29, 1.82) is 0 Å². The van der Waals surface area contributed by atoms with Crippen LogP contribution in [0.2, 0.25) is 5.02 Å². The maximum atomic E-state index is 12.9. The van der Waals surface area contributed by atoms with Crippen LogP contribution in [0.4, 0.5) is 24.5 Å². The van der Waals surface area contributed by atoms with Crippen LogP contribution >= 0.6 is 11.6 Å². The number of ether oxygens (including phenoxy) is 1. The molecule has 0 saturated carbocycles. The van der Waals surface area contributed by atoms with E-state index in [0.717, 1.165) is 23.4 Å². The van der Waals surface area contributed by atoms with Gasteiger partial charge in [-0.1, -0.05) is 35.9 Å². The number of anilines is 1. The molecule has 0 aliphatic rings. The Morgan fingerprint density at radius 2 is 1.80 bits per heavy atom. The van der Waals surface area contributed by atoms with E-state index in [4.69, 9.17) is 16.3 Å². The zero-order valence-corrected chi connectivity index (χ0v) is 16.4. The number of benzene rings is 3. The number of nitro groups is 1. The molecular formula is C21H16ClF3N2O3. The first-order chi connectivity index (χ1) is 14.2. The fourth-order valence-electron chi connectivity index (χ4n) is 2.78. The number of rotatable bonds is 6. The van der Waals surface area contributed by atoms with Gasteiger partial charge in [-0.15, -0.1) is 0 Å². The first kappa shape index (κ1) is 21.4. The van der Waals surface area contributed by atoms with Crippen molar-refractivity contribution in [1.82, 2.24) is 0 Å². The molecule has 30 heavy (non-hydrogen) atoms. The third kappa shape index (κ3) is 4.83. The second-order valence-corrected chi connectivity index (χ2v) is 6.82. The smallest absolute Gasteiger partial charge is 0.416 e. The molecule has 0 amide bonds. The van der Waals surface area contributed by atoms with Crippen molar-refractivity contribution in [2.24, 2.45) is 0 Å². The number of nitrogens with one attached hydrogen (secondary N) is 1. The summed E-state index contributed by atoms with van der Waals surface area (Å²) in [6, 6.07) is 14.3. The van der Waals surface area contributed by atoms with Gasteiger partial charge < -0.3 is 10.1 Å². The summed E-state index contributed by atoms with van der Waals surface area (Å²) < 4.78 is 44.3. The SMILES string of the molecule is Cc1c(Cl)cccc1NCc1ccccc1Oc1ccc(C(F)(F)F)cc1[N+](=O)[O-]. The molecule has 0 heterocycles. The standard InChI is InChI=1S/C21H16ClF3N2O3/c1-13-16(22)6-4-7-17(13)26-12-14-5-2-3-8-19(14)30-20-10-9-15(21(23,24)25)11-18(20)27(28)29/h2-11,26H,12H2,1H3. The highest BCUT2D eigenvalue weighted by atomic mass is 35.5. The summed E-state index contributed by atoms with van der Waals surface area (Å²) in [5.74, 6) is 0.00641. The van der Waals surface area contributed by atoms with E-state index in [2.05, 4.69) is 5.32 Å². The predicted molar refractivity (Wildman–Crippen MR) is 108 cm³/mol. The van der Waals surface area contributed by atoms with Gasteiger partial charge in [0.05, 0.1) is 10.5 Å². The lowest BCUT2D eigenvalue weighted by atomic mass is 10.1. The van der Waals surface area contributed by atoms with Crippen LogP contribution in [-0.4, -0.2) is 4.92 Å². The van der Waals surface area contributed by atoms with Gasteiger partial charge in [-0.3, -0.25) is 10.1 Å². The topological polar surface area (TPSA) is 64.4 Å². The molecule has 0 bridgehead atoms. The Morgan fingerprint density at radius 3 is 2.50 bits per heavy atom. The van der Waals surface area contributed by atoms with Crippen molar-refractivity contribution < 1.29 is 22.8 Å². The molecule has 0 atom stereocenters. The largest absolute Gasteiger partial charge is 0.450 e. The van der Waals surface area contributed by atoms with Gasteiger partial charge >= 0.3 is 11.9 Å². The van der Waals surface area contributed by atoms with E-state index in [1.807, 2.05) is 13.0 Å². The van der Waals surface area contributed by atoms with Crippen molar-refractivity contribution in [3.8, 4) is 11.5 Å². The predicted octanol–water partition coefficient (Wildman–Crippen LogP) is 6.98. The van der Waals surface area contributed by atoms with E-state index in [0.29, 0.717) is 23.2 Å². The Labute approximate surface area is 175 Å². The molecule has 156 valence electrons. The van der Waals surface area contributed by atoms with Crippen molar-refractivity contribution in [2.45, 2.75) is 19.6 Å². The van der Waals surface area contributed by atoms with Crippen LogP contribution < -0.4 is 10.1 Å². The van der Waals surface area contributed by atoms with Crippen molar-refractivity contribution in [3.05, 3.63) is 92.5 Å². The molecule has 0 aliphatic heterocycles. The Balaban J connectivity index is 1.88. The molecule has 9 heteroatoms. The Bertz CT molecular complexity index is 1090. The fraction of sp³-hybridized carbons (Fsp3) is 0.143. The first-order valence-electron chi connectivity index (χ1n) is 8.77. The summed E-state index contributed by atoms with van der Waals surface area (Å²) in [5.41, 5.74) is 0.436. The molecule has 0 saturated heterocycles. The van der Waals surface area contributed by atoms with Crippen LogP contribution in [0, 0.1) is 17.0 Å². The van der Waals surface area contributed by atoms with Gasteiger partial charge in [0.25, 0.3) is 0 Å². The number of hydrogen-bond donors (Lipinski definition) is 1. The molecule has 3 aromatic rings. The quantitative estimate of drug-likeness (QED) is 0.334. The van der Waals surface area contributed by atoms with Gasteiger partial charge in [-0.25, -0.2) is 0 Å². The third-order valence-electron chi connectivity index (χ3n) is 4.41. The molecular weight excluding hydrogens is 421 g/mol. The molecule has 1 N–H and O–H groups in total. The van der Waals surface area contributed by atoms with Crippen LogP contribution in [0.3, 0.4) is 0 Å². The van der Waals surface area contributed by atoms with Crippen LogP contribution in [0.15, 0.2) is 60.7 Å². The molecule has 5 nitrogen and oxygen atoms in total. The molecule has 0 spiro atoms. The van der Waals surface area contributed by atoms with Crippen LogP contribution in [0.5, 0.6) is 11.5 Å². The second kappa shape index (κ2) is 8.62. The highest BCUT2D eigenvalue weighted by Crippen LogP contribution is 2.38. The molecule has 0 unspecified atom stereocenters. The number of nitrogens with zero attached hydrogens (tertiary/aromatic N) is 1. The van der Waals surface area contributed by atoms with Crippen LogP contribution in [0.25, 0.3) is 0 Å². The average molecular weight is 437 g/mol. The fourth-order valence-corrected chi connectivity index (χ4v) is 2.95. The summed E-state index contributed by atoms with van der Waals surface area (Å²) in [6.07, 6.45) is -4.69. The lowest BCUT2D eigenvalue weighted by Gasteiger charge is -2.15. The summed E-state index contributed by atoms with van der Waals surface area (Å²) >= 11 is 6.12. The van der Waals surface area contributed by atoms with E-state index in [9.17, 15) is 23.3 Å².